The molecule has 0 bridgehead atoms. The van der Waals surface area contributed by atoms with E-state index in [1.807, 2.05) is 30.5 Å². The lowest BCUT2D eigenvalue weighted by molar-refractivity contribution is 0.0595. The number of ether oxygens (including phenoxy) is 1. The normalized spacial score (nSPS) is 11.8. The van der Waals surface area contributed by atoms with Crippen LogP contribution in [-0.2, 0) is 4.74 Å². The van der Waals surface area contributed by atoms with Crippen molar-refractivity contribution in [2.45, 2.75) is 0 Å². The number of nitrogens with two attached hydrogens (primary N) is 1. The Bertz CT molecular complexity index is 832. The third kappa shape index (κ3) is 2.30. The standard InChI is InChI=1S/C15H13N3O2S/c1-20-15(19)13-8-21-14(18-13)10(6-16)11-7-17-12-5-3-2-4-9(11)12/h2-8,17H,16H2,1H3. The van der Waals surface area contributed by atoms with E-state index in [1.54, 1.807) is 5.38 Å². The van der Waals surface area contributed by atoms with E-state index in [0.717, 1.165) is 22.0 Å². The van der Waals surface area contributed by atoms with Crippen LogP contribution in [0.1, 0.15) is 21.1 Å². The highest BCUT2D eigenvalue weighted by Crippen LogP contribution is 2.31. The van der Waals surface area contributed by atoms with Gasteiger partial charge in [0.25, 0.3) is 0 Å². The molecule has 0 saturated carbocycles. The maximum atomic E-state index is 11.5. The Morgan fingerprint density at radius 2 is 2.24 bits per heavy atom. The summed E-state index contributed by atoms with van der Waals surface area (Å²) < 4.78 is 4.67. The number of thiazole rings is 1. The molecule has 0 amide bonds. The SMILES string of the molecule is COC(=O)c1csc(C(=CN)c2c[nH]c3ccccc23)n1. The number of carbonyl (C=O) groups is 1. The zero-order valence-corrected chi connectivity index (χ0v) is 12.1. The van der Waals surface area contributed by atoms with Gasteiger partial charge in [-0.3, -0.25) is 0 Å². The lowest BCUT2D eigenvalue weighted by atomic mass is 10.1. The number of hydrogen-bond donors (Lipinski definition) is 2. The van der Waals surface area contributed by atoms with E-state index in [4.69, 9.17) is 5.73 Å². The molecule has 3 aromatic rings. The highest BCUT2D eigenvalue weighted by Gasteiger charge is 2.16. The molecule has 6 heteroatoms. The van der Waals surface area contributed by atoms with E-state index < -0.39 is 5.97 Å². The van der Waals surface area contributed by atoms with Crippen molar-refractivity contribution in [2.24, 2.45) is 5.73 Å². The Kier molecular flexibility index (Phi) is 3.45. The van der Waals surface area contributed by atoms with Crippen LogP contribution < -0.4 is 5.73 Å². The fourth-order valence-electron chi connectivity index (χ4n) is 2.17. The maximum absolute atomic E-state index is 11.5. The molecule has 2 aromatic heterocycles. The summed E-state index contributed by atoms with van der Waals surface area (Å²) in [5, 5.41) is 3.41. The van der Waals surface area contributed by atoms with E-state index in [1.165, 1.54) is 24.6 Å². The zero-order valence-electron chi connectivity index (χ0n) is 11.3. The van der Waals surface area contributed by atoms with Crippen molar-refractivity contribution in [3.63, 3.8) is 0 Å². The first kappa shape index (κ1) is 13.4. The molecule has 106 valence electrons. The number of para-hydroxylation sites is 1. The van der Waals surface area contributed by atoms with Gasteiger partial charge in [0, 0.05) is 39.8 Å². The number of rotatable bonds is 3. The third-order valence-corrected chi connectivity index (χ3v) is 4.05. The van der Waals surface area contributed by atoms with E-state index in [9.17, 15) is 4.79 Å². The topological polar surface area (TPSA) is 81.0 Å². The predicted molar refractivity (Wildman–Crippen MR) is 83.0 cm³/mol. The molecule has 0 saturated heterocycles. The Balaban J connectivity index is 2.07. The van der Waals surface area contributed by atoms with Gasteiger partial charge in [-0.2, -0.15) is 0 Å². The van der Waals surface area contributed by atoms with Gasteiger partial charge < -0.3 is 15.5 Å². The molecule has 0 atom stereocenters. The number of esters is 1. The van der Waals surface area contributed by atoms with Crippen molar-refractivity contribution in [3.8, 4) is 0 Å². The van der Waals surface area contributed by atoms with E-state index in [-0.39, 0.29) is 5.69 Å². The van der Waals surface area contributed by atoms with Crippen LogP contribution in [0.15, 0.2) is 42.0 Å². The predicted octanol–water partition coefficient (Wildman–Crippen LogP) is 2.76. The van der Waals surface area contributed by atoms with Gasteiger partial charge in [0.1, 0.15) is 5.01 Å². The van der Waals surface area contributed by atoms with Crippen LogP contribution in [0, 0.1) is 0 Å². The minimum atomic E-state index is -0.451. The molecule has 0 aliphatic heterocycles. The molecule has 0 fully saturated rings. The monoisotopic (exact) mass is 299 g/mol. The molecule has 0 spiro atoms. The van der Waals surface area contributed by atoms with Gasteiger partial charge in [0.2, 0.25) is 0 Å². The summed E-state index contributed by atoms with van der Waals surface area (Å²) in [6.45, 7) is 0. The number of aromatic nitrogens is 2. The molecule has 2 heterocycles. The molecule has 0 radical (unpaired) electrons. The second-order valence-corrected chi connectivity index (χ2v) is 5.22. The molecule has 0 unspecified atom stereocenters. The Hall–Kier alpha value is -2.60. The summed E-state index contributed by atoms with van der Waals surface area (Å²) in [4.78, 5) is 19.0. The smallest absolute Gasteiger partial charge is 0.357 e. The molecule has 1 aromatic carbocycles. The highest BCUT2D eigenvalue weighted by molar-refractivity contribution is 7.11. The quantitative estimate of drug-likeness (QED) is 0.729. The number of methoxy groups -OCH3 is 1. The number of aromatic amines is 1. The number of carbonyl (C=O) groups excluding carboxylic acids is 1. The number of benzene rings is 1. The summed E-state index contributed by atoms with van der Waals surface area (Å²) in [6, 6.07) is 7.94. The summed E-state index contributed by atoms with van der Waals surface area (Å²) in [6.07, 6.45) is 3.40. The van der Waals surface area contributed by atoms with Crippen molar-refractivity contribution in [1.82, 2.24) is 9.97 Å². The summed E-state index contributed by atoms with van der Waals surface area (Å²) >= 11 is 1.36. The number of hydrogen-bond acceptors (Lipinski definition) is 5. The highest BCUT2D eigenvalue weighted by atomic mass is 32.1. The first-order chi connectivity index (χ1) is 10.2. The number of H-pyrrole nitrogens is 1. The van der Waals surface area contributed by atoms with E-state index in [0.29, 0.717) is 5.01 Å². The lowest BCUT2D eigenvalue weighted by Gasteiger charge is -2.01. The Morgan fingerprint density at radius 3 is 3.00 bits per heavy atom. The second kappa shape index (κ2) is 5.41. The number of nitrogens with zero attached hydrogens (tertiary/aromatic N) is 1. The van der Waals surface area contributed by atoms with Crippen LogP contribution in [0.5, 0.6) is 0 Å². The van der Waals surface area contributed by atoms with Crippen LogP contribution in [0.4, 0.5) is 0 Å². The maximum Gasteiger partial charge on any atom is 0.357 e. The summed E-state index contributed by atoms with van der Waals surface area (Å²) in [5.41, 5.74) is 8.83. The molecule has 3 rings (SSSR count). The second-order valence-electron chi connectivity index (χ2n) is 4.36. The molecule has 0 aliphatic rings. The molecule has 21 heavy (non-hydrogen) atoms. The number of nitrogens with one attached hydrogen (secondary N) is 1. The fraction of sp³-hybridized carbons (Fsp3) is 0.0667. The largest absolute Gasteiger partial charge is 0.464 e. The molecule has 5 nitrogen and oxygen atoms in total. The molecular weight excluding hydrogens is 286 g/mol. The third-order valence-electron chi connectivity index (χ3n) is 3.18. The zero-order chi connectivity index (χ0) is 14.8. The van der Waals surface area contributed by atoms with Gasteiger partial charge in [0.05, 0.1) is 7.11 Å². The van der Waals surface area contributed by atoms with Crippen LogP contribution >= 0.6 is 11.3 Å². The first-order valence-electron chi connectivity index (χ1n) is 6.27. The van der Waals surface area contributed by atoms with E-state index >= 15 is 0 Å². The van der Waals surface area contributed by atoms with Crippen molar-refractivity contribution in [1.29, 1.82) is 0 Å². The van der Waals surface area contributed by atoms with Gasteiger partial charge in [-0.05, 0) is 6.07 Å². The minimum absolute atomic E-state index is 0.289. The molecular formula is C15H13N3O2S. The van der Waals surface area contributed by atoms with Crippen molar-refractivity contribution in [2.75, 3.05) is 7.11 Å². The molecule has 3 N–H and O–H groups in total. The van der Waals surface area contributed by atoms with Crippen LogP contribution in [-0.4, -0.2) is 23.0 Å². The van der Waals surface area contributed by atoms with Gasteiger partial charge in [0.15, 0.2) is 5.69 Å². The fourth-order valence-corrected chi connectivity index (χ4v) is 2.99. The number of fused-ring (bicyclic) bond motifs is 1. The lowest BCUT2D eigenvalue weighted by Crippen LogP contribution is -2.01. The van der Waals surface area contributed by atoms with Crippen LogP contribution in [0.2, 0.25) is 0 Å². The Labute approximate surface area is 125 Å². The summed E-state index contributed by atoms with van der Waals surface area (Å²) in [7, 11) is 1.33. The van der Waals surface area contributed by atoms with Crippen molar-refractivity contribution in [3.05, 3.63) is 58.3 Å². The van der Waals surface area contributed by atoms with Crippen LogP contribution in [0.25, 0.3) is 16.5 Å². The van der Waals surface area contributed by atoms with E-state index in [2.05, 4.69) is 14.7 Å². The minimum Gasteiger partial charge on any atom is -0.464 e. The van der Waals surface area contributed by atoms with Gasteiger partial charge in [-0.25, -0.2) is 9.78 Å². The van der Waals surface area contributed by atoms with Crippen LogP contribution in [0.3, 0.4) is 0 Å². The van der Waals surface area contributed by atoms with Crippen molar-refractivity contribution < 1.29 is 9.53 Å². The van der Waals surface area contributed by atoms with Gasteiger partial charge in [-0.1, -0.05) is 18.2 Å². The first-order valence-corrected chi connectivity index (χ1v) is 7.15. The average Bonchev–Trinajstić information content (AvgIpc) is 3.15. The van der Waals surface area contributed by atoms with Crippen molar-refractivity contribution >= 4 is 33.8 Å². The summed E-state index contributed by atoms with van der Waals surface area (Å²) in [5.74, 6) is -0.451. The molecule has 0 aliphatic carbocycles. The van der Waals surface area contributed by atoms with Gasteiger partial charge in [-0.15, -0.1) is 11.3 Å². The van der Waals surface area contributed by atoms with Gasteiger partial charge >= 0.3 is 5.97 Å². The Morgan fingerprint density at radius 1 is 1.43 bits per heavy atom. The average molecular weight is 299 g/mol.